The van der Waals surface area contributed by atoms with Crippen molar-refractivity contribution >= 4 is 77.1 Å². The van der Waals surface area contributed by atoms with Gasteiger partial charge in [-0.1, -0.05) is 127 Å². The second-order valence-electron chi connectivity index (χ2n) is 15.7. The van der Waals surface area contributed by atoms with Gasteiger partial charge in [-0.05, 0) is 118 Å². The Hall–Kier alpha value is -7.62. The molecule has 0 atom stereocenters. The highest BCUT2D eigenvalue weighted by Gasteiger charge is 2.24. The van der Waals surface area contributed by atoms with Gasteiger partial charge < -0.3 is 13.7 Å². The average Bonchev–Trinajstić information content (AvgIpc) is 4.04. The van der Waals surface area contributed by atoms with Crippen LogP contribution in [0, 0.1) is 0 Å². The molecule has 0 saturated heterocycles. The summed E-state index contributed by atoms with van der Waals surface area (Å²) in [5.41, 5.74) is 19.1. The van der Waals surface area contributed by atoms with Gasteiger partial charge in [-0.15, -0.1) is 0 Å². The number of aromatic nitrogens is 1. The predicted molar refractivity (Wildman–Crippen MR) is 242 cm³/mol. The van der Waals surface area contributed by atoms with Gasteiger partial charge in [0.1, 0.15) is 11.2 Å². The molecule has 13 rings (SSSR count). The van der Waals surface area contributed by atoms with Crippen LogP contribution in [0.4, 0.5) is 17.1 Å². The summed E-state index contributed by atoms with van der Waals surface area (Å²) in [6.45, 7) is 0. The van der Waals surface area contributed by atoms with Crippen LogP contribution in [0.5, 0.6) is 0 Å². The lowest BCUT2D eigenvalue weighted by Gasteiger charge is -2.27. The van der Waals surface area contributed by atoms with Crippen LogP contribution >= 0.6 is 0 Å². The second kappa shape index (κ2) is 11.9. The number of benzene rings is 9. The van der Waals surface area contributed by atoms with Gasteiger partial charge in [0.05, 0.1) is 22.2 Å². The first kappa shape index (κ1) is 31.6. The molecule has 0 saturated carbocycles. The molecule has 0 N–H and O–H groups in total. The van der Waals surface area contributed by atoms with Gasteiger partial charge >= 0.3 is 0 Å². The van der Waals surface area contributed by atoms with Crippen molar-refractivity contribution in [2.45, 2.75) is 6.42 Å². The van der Waals surface area contributed by atoms with E-state index < -0.39 is 0 Å². The van der Waals surface area contributed by atoms with Crippen LogP contribution < -0.4 is 4.90 Å². The number of furan rings is 1. The third-order valence-corrected chi connectivity index (χ3v) is 12.6. The molecule has 3 nitrogen and oxygen atoms in total. The van der Waals surface area contributed by atoms with E-state index in [4.69, 9.17) is 4.42 Å². The molecular weight excluding hydrogens is 705 g/mol. The fourth-order valence-corrected chi connectivity index (χ4v) is 9.87. The molecule has 0 radical (unpaired) electrons. The fourth-order valence-electron chi connectivity index (χ4n) is 9.87. The van der Waals surface area contributed by atoms with Crippen LogP contribution in [0.25, 0.3) is 93.4 Å². The van der Waals surface area contributed by atoms with Crippen molar-refractivity contribution in [3.05, 3.63) is 205 Å². The number of hydrogen-bond donors (Lipinski definition) is 0. The van der Waals surface area contributed by atoms with Gasteiger partial charge in [-0.3, -0.25) is 0 Å². The number of nitrogens with zero attached hydrogens (tertiary/aromatic N) is 2. The van der Waals surface area contributed by atoms with Gasteiger partial charge in [-0.2, -0.15) is 0 Å². The Balaban J connectivity index is 0.975. The lowest BCUT2D eigenvalue weighted by atomic mass is 9.98. The van der Waals surface area contributed by atoms with E-state index in [1.807, 2.05) is 12.1 Å². The first-order valence-corrected chi connectivity index (χ1v) is 20.0. The largest absolute Gasteiger partial charge is 0.456 e. The molecule has 58 heavy (non-hydrogen) atoms. The molecule has 1 aliphatic rings. The molecule has 0 bridgehead atoms. The maximum atomic E-state index is 6.28. The number of fused-ring (bicyclic) bond motifs is 12. The minimum Gasteiger partial charge on any atom is -0.456 e. The van der Waals surface area contributed by atoms with Crippen LogP contribution in [-0.2, 0) is 6.42 Å². The van der Waals surface area contributed by atoms with Gasteiger partial charge in [0, 0.05) is 43.7 Å². The van der Waals surface area contributed by atoms with Crippen molar-refractivity contribution < 1.29 is 4.42 Å². The number of anilines is 3. The zero-order valence-electron chi connectivity index (χ0n) is 31.5. The van der Waals surface area contributed by atoms with Crippen molar-refractivity contribution in [1.29, 1.82) is 0 Å². The summed E-state index contributed by atoms with van der Waals surface area (Å²) >= 11 is 0. The monoisotopic (exact) mass is 738 g/mol. The van der Waals surface area contributed by atoms with Crippen LogP contribution in [0.1, 0.15) is 11.1 Å². The molecule has 0 spiro atoms. The predicted octanol–water partition coefficient (Wildman–Crippen LogP) is 15.1. The maximum absolute atomic E-state index is 6.28. The smallest absolute Gasteiger partial charge is 0.136 e. The maximum Gasteiger partial charge on any atom is 0.136 e. The Bertz CT molecular complexity index is 3590. The topological polar surface area (TPSA) is 20.8 Å². The highest BCUT2D eigenvalue weighted by Crippen LogP contribution is 2.48. The van der Waals surface area contributed by atoms with E-state index in [1.165, 1.54) is 71.5 Å². The lowest BCUT2D eigenvalue weighted by Crippen LogP contribution is -2.10. The summed E-state index contributed by atoms with van der Waals surface area (Å²) in [6.07, 6.45) is 1.00. The van der Waals surface area contributed by atoms with Crippen molar-refractivity contribution in [1.82, 2.24) is 4.40 Å². The van der Waals surface area contributed by atoms with Crippen molar-refractivity contribution in [3.8, 4) is 33.4 Å². The number of hydrogen-bond acceptors (Lipinski definition) is 2. The molecule has 3 heterocycles. The van der Waals surface area contributed by atoms with Gasteiger partial charge in [0.2, 0.25) is 0 Å². The molecule has 1 aliphatic carbocycles. The summed E-state index contributed by atoms with van der Waals surface area (Å²) in [7, 11) is 0. The normalized spacial score (nSPS) is 12.4. The molecule has 0 amide bonds. The Kier molecular flexibility index (Phi) is 6.50. The summed E-state index contributed by atoms with van der Waals surface area (Å²) < 4.78 is 8.74. The minimum absolute atomic E-state index is 0.905. The van der Waals surface area contributed by atoms with Gasteiger partial charge in [0.25, 0.3) is 0 Å². The Morgan fingerprint density at radius 2 is 0.966 bits per heavy atom. The Morgan fingerprint density at radius 1 is 0.397 bits per heavy atom. The number of para-hydroxylation sites is 3. The van der Waals surface area contributed by atoms with E-state index in [1.54, 1.807) is 0 Å². The van der Waals surface area contributed by atoms with E-state index >= 15 is 0 Å². The third-order valence-electron chi connectivity index (χ3n) is 12.6. The van der Waals surface area contributed by atoms with Crippen molar-refractivity contribution in [3.63, 3.8) is 0 Å². The highest BCUT2D eigenvalue weighted by atomic mass is 16.3. The summed E-state index contributed by atoms with van der Waals surface area (Å²) in [5.74, 6) is 0. The minimum atomic E-state index is 0.905. The zero-order valence-corrected chi connectivity index (χ0v) is 31.5. The fraction of sp³-hybridized carbons (Fsp3) is 0.0182. The van der Waals surface area contributed by atoms with Crippen LogP contribution in [0.2, 0.25) is 0 Å². The molecule has 270 valence electrons. The SMILES string of the molecule is c1ccc2c(c1)Cc1ccc(-c3ccc(N(c4ccc(-c5ccc6c(c5)oc5ccccc56)cc4)c4ccc5c6ccccc6n6c7ccccc7c4c56)cc3)cc1-2. The van der Waals surface area contributed by atoms with E-state index in [-0.39, 0.29) is 0 Å². The Morgan fingerprint density at radius 3 is 1.76 bits per heavy atom. The van der Waals surface area contributed by atoms with Gasteiger partial charge in [-0.25, -0.2) is 0 Å². The van der Waals surface area contributed by atoms with Crippen molar-refractivity contribution in [2.24, 2.45) is 0 Å². The number of rotatable bonds is 5. The molecule has 3 heteroatoms. The summed E-state index contributed by atoms with van der Waals surface area (Å²) in [5, 5.41) is 7.34. The average molecular weight is 739 g/mol. The molecule has 9 aromatic carbocycles. The third kappa shape index (κ3) is 4.50. The second-order valence-corrected chi connectivity index (χ2v) is 15.7. The molecule has 0 fully saturated rings. The van der Waals surface area contributed by atoms with E-state index in [0.29, 0.717) is 0 Å². The zero-order chi connectivity index (χ0) is 37.9. The first-order valence-electron chi connectivity index (χ1n) is 20.0. The van der Waals surface area contributed by atoms with E-state index in [9.17, 15) is 0 Å². The molecular formula is C55H34N2O. The molecule has 3 aromatic heterocycles. The van der Waals surface area contributed by atoms with Crippen LogP contribution in [0.3, 0.4) is 0 Å². The van der Waals surface area contributed by atoms with Gasteiger partial charge in [0.15, 0.2) is 0 Å². The quantitative estimate of drug-likeness (QED) is 0.175. The first-order chi connectivity index (χ1) is 28.7. The van der Waals surface area contributed by atoms with Crippen molar-refractivity contribution in [2.75, 3.05) is 4.90 Å². The molecule has 12 aromatic rings. The van der Waals surface area contributed by atoms with E-state index in [2.05, 4.69) is 191 Å². The molecule has 0 unspecified atom stereocenters. The summed E-state index contributed by atoms with van der Waals surface area (Å²) in [6, 6.07) is 71.0. The van der Waals surface area contributed by atoms with Crippen LogP contribution in [-0.4, -0.2) is 4.40 Å². The van der Waals surface area contributed by atoms with E-state index in [0.717, 1.165) is 56.5 Å². The highest BCUT2D eigenvalue weighted by molar-refractivity contribution is 6.27. The Labute approximate surface area is 334 Å². The summed E-state index contributed by atoms with van der Waals surface area (Å²) in [4.78, 5) is 2.44. The van der Waals surface area contributed by atoms with Crippen LogP contribution in [0.15, 0.2) is 199 Å². The molecule has 0 aliphatic heterocycles. The lowest BCUT2D eigenvalue weighted by molar-refractivity contribution is 0.669. The standard InChI is InChI=1S/C55H34N2O/c1-2-10-42-38(9-1)31-39-18-17-36(32-48(39)42)34-19-24-40(25-20-34)56(41-26-21-35(22-27-41)37-23-28-45-44-12-5-8-16-52(44)58-53(45)33-37)51-30-29-46-43-11-3-6-14-49(43)57-50-15-7-4-13-47(50)54(51)55(46)57/h1-30,32-33H,31H2.